The van der Waals surface area contributed by atoms with E-state index in [1.54, 1.807) is 0 Å². The van der Waals surface area contributed by atoms with Crippen LogP contribution in [-0.4, -0.2) is 0 Å². The van der Waals surface area contributed by atoms with Gasteiger partial charge in [-0.3, -0.25) is 0 Å². The lowest BCUT2D eigenvalue weighted by molar-refractivity contribution is 0.426. The van der Waals surface area contributed by atoms with Crippen LogP contribution in [-0.2, 0) is 10.8 Å². The summed E-state index contributed by atoms with van der Waals surface area (Å²) < 4.78 is 0. The SMILES string of the molecule is CC1(C)C[C@](C)(c2ccc3ccccc3c2)c2c1ccc1ccccc21. The first kappa shape index (κ1) is 15.6. The molecule has 4 aromatic carbocycles. The van der Waals surface area contributed by atoms with E-state index >= 15 is 0 Å². The van der Waals surface area contributed by atoms with Gasteiger partial charge < -0.3 is 0 Å². The van der Waals surface area contributed by atoms with Crippen molar-refractivity contribution in [3.8, 4) is 0 Å². The third-order valence-electron chi connectivity index (χ3n) is 6.39. The van der Waals surface area contributed by atoms with E-state index in [-0.39, 0.29) is 10.8 Å². The maximum absolute atomic E-state index is 2.44. The highest BCUT2D eigenvalue weighted by Crippen LogP contribution is 2.55. The molecular formula is C26H24. The summed E-state index contributed by atoms with van der Waals surface area (Å²) in [6.07, 6.45) is 1.14. The summed E-state index contributed by atoms with van der Waals surface area (Å²) in [7, 11) is 0. The van der Waals surface area contributed by atoms with Gasteiger partial charge in [0.2, 0.25) is 0 Å². The summed E-state index contributed by atoms with van der Waals surface area (Å²) in [6.45, 7) is 7.23. The molecule has 128 valence electrons. The molecule has 1 aliphatic carbocycles. The molecule has 5 rings (SSSR count). The van der Waals surface area contributed by atoms with Gasteiger partial charge in [-0.25, -0.2) is 0 Å². The van der Waals surface area contributed by atoms with Crippen LogP contribution in [0.1, 0.15) is 43.9 Å². The zero-order chi connectivity index (χ0) is 17.9. The molecule has 1 aliphatic rings. The number of rotatable bonds is 1. The van der Waals surface area contributed by atoms with Crippen LogP contribution in [0.4, 0.5) is 0 Å². The molecule has 0 spiro atoms. The molecular weight excluding hydrogens is 312 g/mol. The minimum absolute atomic E-state index is 0.0315. The van der Waals surface area contributed by atoms with Crippen molar-refractivity contribution in [1.82, 2.24) is 0 Å². The van der Waals surface area contributed by atoms with E-state index in [4.69, 9.17) is 0 Å². The summed E-state index contributed by atoms with van der Waals surface area (Å²) >= 11 is 0. The Bertz CT molecular complexity index is 1150. The van der Waals surface area contributed by atoms with Crippen LogP contribution in [0, 0.1) is 0 Å². The maximum atomic E-state index is 2.44. The molecule has 4 aromatic rings. The zero-order valence-electron chi connectivity index (χ0n) is 15.7. The molecule has 0 saturated carbocycles. The molecule has 0 heteroatoms. The van der Waals surface area contributed by atoms with Crippen molar-refractivity contribution in [3.05, 3.63) is 95.6 Å². The first-order chi connectivity index (χ1) is 12.5. The highest BCUT2D eigenvalue weighted by Gasteiger charge is 2.46. The van der Waals surface area contributed by atoms with Crippen LogP contribution in [0.15, 0.2) is 78.9 Å². The monoisotopic (exact) mass is 336 g/mol. The molecule has 0 heterocycles. The Morgan fingerprint density at radius 1 is 0.654 bits per heavy atom. The first-order valence-corrected chi connectivity index (χ1v) is 9.51. The minimum Gasteiger partial charge on any atom is -0.0616 e. The molecule has 0 aliphatic heterocycles. The fraction of sp³-hybridized carbons (Fsp3) is 0.231. The Morgan fingerprint density at radius 3 is 2.12 bits per heavy atom. The molecule has 0 unspecified atom stereocenters. The highest BCUT2D eigenvalue weighted by molar-refractivity contribution is 5.90. The van der Waals surface area contributed by atoms with Gasteiger partial charge >= 0.3 is 0 Å². The molecule has 0 bridgehead atoms. The first-order valence-electron chi connectivity index (χ1n) is 9.51. The van der Waals surface area contributed by atoms with E-state index in [1.165, 1.54) is 38.2 Å². The fourth-order valence-electron chi connectivity index (χ4n) is 5.28. The molecule has 0 N–H and O–H groups in total. The third-order valence-corrected chi connectivity index (χ3v) is 6.39. The van der Waals surface area contributed by atoms with Crippen molar-refractivity contribution in [1.29, 1.82) is 0 Å². The smallest absolute Gasteiger partial charge is 0.0192 e. The van der Waals surface area contributed by atoms with Gasteiger partial charge in [0.1, 0.15) is 0 Å². The van der Waals surface area contributed by atoms with E-state index in [1.807, 2.05) is 0 Å². The summed E-state index contributed by atoms with van der Waals surface area (Å²) in [6, 6.07) is 29.2. The lowest BCUT2D eigenvalue weighted by Gasteiger charge is -2.29. The number of hydrogen-bond acceptors (Lipinski definition) is 0. The lowest BCUT2D eigenvalue weighted by Crippen LogP contribution is -2.23. The summed E-state index contributed by atoms with van der Waals surface area (Å²) in [5.74, 6) is 0. The zero-order valence-corrected chi connectivity index (χ0v) is 15.7. The van der Waals surface area contributed by atoms with E-state index in [9.17, 15) is 0 Å². The number of benzene rings is 4. The Kier molecular flexibility index (Phi) is 3.13. The fourth-order valence-corrected chi connectivity index (χ4v) is 5.28. The average Bonchev–Trinajstić information content (AvgIpc) is 2.88. The lowest BCUT2D eigenvalue weighted by atomic mass is 9.74. The predicted octanol–water partition coefficient (Wildman–Crippen LogP) is 6.98. The van der Waals surface area contributed by atoms with Crippen LogP contribution in [0.5, 0.6) is 0 Å². The molecule has 0 saturated heterocycles. The summed E-state index contributed by atoms with van der Waals surface area (Å²) in [5, 5.41) is 5.40. The van der Waals surface area contributed by atoms with E-state index in [0.717, 1.165) is 6.42 Å². The van der Waals surface area contributed by atoms with Crippen molar-refractivity contribution in [3.63, 3.8) is 0 Å². The van der Waals surface area contributed by atoms with Gasteiger partial charge in [0.05, 0.1) is 0 Å². The quantitative estimate of drug-likeness (QED) is 0.352. The van der Waals surface area contributed by atoms with Crippen molar-refractivity contribution in [2.75, 3.05) is 0 Å². The molecule has 26 heavy (non-hydrogen) atoms. The van der Waals surface area contributed by atoms with Crippen molar-refractivity contribution in [2.24, 2.45) is 0 Å². The van der Waals surface area contributed by atoms with E-state index < -0.39 is 0 Å². The summed E-state index contributed by atoms with van der Waals surface area (Å²) in [4.78, 5) is 0. The largest absolute Gasteiger partial charge is 0.0616 e. The van der Waals surface area contributed by atoms with Crippen molar-refractivity contribution in [2.45, 2.75) is 38.0 Å². The maximum Gasteiger partial charge on any atom is 0.0192 e. The minimum atomic E-state index is 0.0315. The van der Waals surface area contributed by atoms with Crippen molar-refractivity contribution >= 4 is 21.5 Å². The Hall–Kier alpha value is -2.60. The van der Waals surface area contributed by atoms with E-state index in [2.05, 4.69) is 99.6 Å². The van der Waals surface area contributed by atoms with Gasteiger partial charge in [0, 0.05) is 5.41 Å². The topological polar surface area (TPSA) is 0 Å². The normalized spacial score (nSPS) is 21.2. The standard InChI is InChI=1S/C26H24/c1-25(2)17-26(3,21-14-12-18-8-4-5-10-20(18)16-21)24-22-11-7-6-9-19(22)13-15-23(24)25/h4-16H,17H2,1-3H3/t26-/m1/s1. The molecule has 0 amide bonds. The van der Waals surface area contributed by atoms with Crippen molar-refractivity contribution < 1.29 is 0 Å². The van der Waals surface area contributed by atoms with Crippen LogP contribution in [0.2, 0.25) is 0 Å². The Balaban J connectivity index is 1.83. The van der Waals surface area contributed by atoms with Gasteiger partial charge in [-0.15, -0.1) is 0 Å². The number of hydrogen-bond donors (Lipinski definition) is 0. The average molecular weight is 336 g/mol. The Morgan fingerprint density at radius 2 is 1.31 bits per heavy atom. The second-order valence-corrected chi connectivity index (χ2v) is 8.66. The van der Waals surface area contributed by atoms with Gasteiger partial charge in [-0.2, -0.15) is 0 Å². The predicted molar refractivity (Wildman–Crippen MR) is 112 cm³/mol. The second kappa shape index (κ2) is 5.20. The van der Waals surface area contributed by atoms with Gasteiger partial charge in [-0.1, -0.05) is 99.6 Å². The van der Waals surface area contributed by atoms with E-state index in [0.29, 0.717) is 0 Å². The Labute approximate surface area is 155 Å². The molecule has 0 radical (unpaired) electrons. The third kappa shape index (κ3) is 2.08. The van der Waals surface area contributed by atoms with Gasteiger partial charge in [0.15, 0.2) is 0 Å². The molecule has 0 nitrogen and oxygen atoms in total. The number of fused-ring (bicyclic) bond motifs is 4. The highest BCUT2D eigenvalue weighted by atomic mass is 14.5. The van der Waals surface area contributed by atoms with Gasteiger partial charge in [0.25, 0.3) is 0 Å². The van der Waals surface area contributed by atoms with Crippen LogP contribution < -0.4 is 0 Å². The van der Waals surface area contributed by atoms with Crippen LogP contribution in [0.3, 0.4) is 0 Å². The molecule has 1 atom stereocenters. The molecule has 0 fully saturated rings. The summed E-state index contributed by atoms with van der Waals surface area (Å²) in [5.41, 5.74) is 4.67. The van der Waals surface area contributed by atoms with Crippen LogP contribution >= 0.6 is 0 Å². The second-order valence-electron chi connectivity index (χ2n) is 8.66. The van der Waals surface area contributed by atoms with Crippen LogP contribution in [0.25, 0.3) is 21.5 Å². The van der Waals surface area contributed by atoms with Gasteiger partial charge in [-0.05, 0) is 50.1 Å². The molecule has 0 aromatic heterocycles.